The Balaban J connectivity index is 2.30. The van der Waals surface area contributed by atoms with E-state index in [0.717, 1.165) is 0 Å². The maximum atomic E-state index is 5.95. The third-order valence-electron chi connectivity index (χ3n) is 3.64. The smallest absolute Gasteiger partial charge is 0.495 e. The fraction of sp³-hybridized carbons (Fsp3) is 0.583. The lowest BCUT2D eigenvalue weighted by Crippen LogP contribution is -2.41. The van der Waals surface area contributed by atoms with Crippen LogP contribution in [0, 0.1) is 0 Å². The van der Waals surface area contributed by atoms with Gasteiger partial charge in [0, 0.05) is 6.07 Å². The van der Waals surface area contributed by atoms with E-state index in [2.05, 4.69) is 4.98 Å². The molecule has 1 aromatic rings. The van der Waals surface area contributed by atoms with Gasteiger partial charge in [-0.25, -0.2) is 0 Å². The van der Waals surface area contributed by atoms with E-state index >= 15 is 0 Å². The van der Waals surface area contributed by atoms with E-state index in [4.69, 9.17) is 19.8 Å². The molecule has 18 heavy (non-hydrogen) atoms. The number of ether oxygens (including phenoxy) is 1. The Hall–Kier alpha value is -1.27. The summed E-state index contributed by atoms with van der Waals surface area (Å²) in [5, 5.41) is 0. The predicted molar refractivity (Wildman–Crippen MR) is 70.9 cm³/mol. The first-order valence-electron chi connectivity index (χ1n) is 5.92. The highest BCUT2D eigenvalue weighted by molar-refractivity contribution is 6.62. The highest BCUT2D eigenvalue weighted by Gasteiger charge is 2.52. The maximum absolute atomic E-state index is 5.95. The number of aromatic nitrogens is 1. The zero-order chi connectivity index (χ0) is 13.6. The molecule has 2 N–H and O–H groups in total. The second kappa shape index (κ2) is 4.14. The first-order valence-corrected chi connectivity index (χ1v) is 5.92. The molecular weight excluding hydrogens is 231 g/mol. The lowest BCUT2D eigenvalue weighted by molar-refractivity contribution is 0.00578. The zero-order valence-corrected chi connectivity index (χ0v) is 11.5. The van der Waals surface area contributed by atoms with Crippen molar-refractivity contribution < 1.29 is 14.0 Å². The molecule has 1 aliphatic heterocycles. The molecule has 0 radical (unpaired) electrons. The number of pyridine rings is 1. The third-order valence-corrected chi connectivity index (χ3v) is 3.64. The molecule has 1 fully saturated rings. The van der Waals surface area contributed by atoms with Gasteiger partial charge in [0.2, 0.25) is 0 Å². The molecule has 1 aromatic heterocycles. The van der Waals surface area contributed by atoms with Gasteiger partial charge < -0.3 is 19.8 Å². The summed E-state index contributed by atoms with van der Waals surface area (Å²) >= 11 is 0. The van der Waals surface area contributed by atoms with Crippen molar-refractivity contribution >= 4 is 18.4 Å². The van der Waals surface area contributed by atoms with E-state index in [0.29, 0.717) is 17.0 Å². The van der Waals surface area contributed by atoms with E-state index in [9.17, 15) is 0 Å². The number of methoxy groups -OCH3 is 1. The molecule has 0 bridgehead atoms. The minimum absolute atomic E-state index is 0.397. The van der Waals surface area contributed by atoms with Crippen molar-refractivity contribution in [3.8, 4) is 5.75 Å². The molecular formula is C12H19BN2O3. The monoisotopic (exact) mass is 250 g/mol. The second-order valence-electron chi connectivity index (χ2n) is 5.44. The van der Waals surface area contributed by atoms with Gasteiger partial charge in [0.1, 0.15) is 5.75 Å². The number of rotatable bonds is 2. The highest BCUT2D eigenvalue weighted by atomic mass is 16.7. The Morgan fingerprint density at radius 3 is 2.22 bits per heavy atom. The Morgan fingerprint density at radius 2 is 1.78 bits per heavy atom. The molecule has 5 nitrogen and oxygen atoms in total. The number of nitrogens with zero attached hydrogens (tertiary/aromatic N) is 1. The lowest BCUT2D eigenvalue weighted by Gasteiger charge is -2.32. The van der Waals surface area contributed by atoms with Gasteiger partial charge in [-0.3, -0.25) is 4.98 Å². The Morgan fingerprint density at radius 1 is 1.22 bits per heavy atom. The van der Waals surface area contributed by atoms with E-state index < -0.39 is 18.3 Å². The van der Waals surface area contributed by atoms with Crippen molar-refractivity contribution in [1.29, 1.82) is 0 Å². The fourth-order valence-electron chi connectivity index (χ4n) is 1.74. The van der Waals surface area contributed by atoms with Crippen LogP contribution in [0.1, 0.15) is 27.7 Å². The minimum Gasteiger partial charge on any atom is -0.495 e. The molecule has 0 spiro atoms. The Kier molecular flexibility index (Phi) is 3.03. The Labute approximate surface area is 108 Å². The van der Waals surface area contributed by atoms with E-state index in [-0.39, 0.29) is 0 Å². The summed E-state index contributed by atoms with van der Waals surface area (Å²) < 4.78 is 16.9. The van der Waals surface area contributed by atoms with Gasteiger partial charge in [-0.1, -0.05) is 0 Å². The first kappa shape index (κ1) is 13.2. The third kappa shape index (κ3) is 2.06. The molecule has 0 aromatic carbocycles. The average molecular weight is 250 g/mol. The molecule has 98 valence electrons. The lowest BCUT2D eigenvalue weighted by atomic mass is 9.83. The number of hydrogen-bond acceptors (Lipinski definition) is 5. The van der Waals surface area contributed by atoms with Crippen LogP contribution in [0.25, 0.3) is 0 Å². The predicted octanol–water partition coefficient (Wildman–Crippen LogP) is 0.972. The van der Waals surface area contributed by atoms with Crippen molar-refractivity contribution in [2.75, 3.05) is 12.8 Å². The number of anilines is 1. The molecule has 1 saturated heterocycles. The molecule has 0 unspecified atom stereocenters. The summed E-state index contributed by atoms with van der Waals surface area (Å²) in [4.78, 5) is 4.26. The van der Waals surface area contributed by atoms with Gasteiger partial charge in [-0.2, -0.15) is 0 Å². The van der Waals surface area contributed by atoms with Crippen LogP contribution in [0.2, 0.25) is 0 Å². The van der Waals surface area contributed by atoms with Gasteiger partial charge >= 0.3 is 7.12 Å². The van der Waals surface area contributed by atoms with Crippen LogP contribution in [0.5, 0.6) is 5.75 Å². The fourth-order valence-corrected chi connectivity index (χ4v) is 1.74. The van der Waals surface area contributed by atoms with Gasteiger partial charge in [0.15, 0.2) is 0 Å². The normalized spacial score (nSPS) is 21.1. The highest BCUT2D eigenvalue weighted by Crippen LogP contribution is 2.36. The average Bonchev–Trinajstić information content (AvgIpc) is 2.47. The maximum Gasteiger partial charge on any atom is 0.516 e. The number of nitrogen functional groups attached to an aromatic ring is 1. The second-order valence-corrected chi connectivity index (χ2v) is 5.44. The van der Waals surface area contributed by atoms with Gasteiger partial charge in [-0.15, -0.1) is 0 Å². The van der Waals surface area contributed by atoms with Crippen molar-refractivity contribution in [1.82, 2.24) is 4.98 Å². The molecule has 0 saturated carbocycles. The van der Waals surface area contributed by atoms with E-state index in [1.807, 2.05) is 27.7 Å². The molecule has 0 amide bonds. The van der Waals surface area contributed by atoms with Gasteiger partial charge in [0.25, 0.3) is 0 Å². The summed E-state index contributed by atoms with van der Waals surface area (Å²) in [7, 11) is 1.03. The summed E-state index contributed by atoms with van der Waals surface area (Å²) in [5.74, 6) is 0.618. The summed E-state index contributed by atoms with van der Waals surface area (Å²) in [6, 6.07) is 1.72. The first-order chi connectivity index (χ1) is 8.27. The molecule has 1 aliphatic rings. The minimum atomic E-state index is -0.541. The Bertz CT molecular complexity index is 447. The van der Waals surface area contributed by atoms with Crippen molar-refractivity contribution in [3.63, 3.8) is 0 Å². The molecule has 6 heteroatoms. The standard InChI is InChI=1S/C12H19BN2O3/c1-11(2)12(3,4)18-13(17-11)10-9(14)6-8(16-5)7-15-10/h6-7H,14H2,1-5H3. The molecule has 2 heterocycles. The largest absolute Gasteiger partial charge is 0.516 e. The summed E-state index contributed by atoms with van der Waals surface area (Å²) in [5.41, 5.74) is 6.26. The van der Waals surface area contributed by atoms with Crippen LogP contribution < -0.4 is 16.1 Å². The van der Waals surface area contributed by atoms with Crippen molar-refractivity contribution in [3.05, 3.63) is 12.3 Å². The molecule has 0 atom stereocenters. The van der Waals surface area contributed by atoms with Gasteiger partial charge in [0.05, 0.1) is 35.8 Å². The molecule has 2 rings (SSSR count). The summed E-state index contributed by atoms with van der Waals surface area (Å²) in [6.07, 6.45) is 1.61. The van der Waals surface area contributed by atoms with Crippen LogP contribution in [-0.4, -0.2) is 30.4 Å². The number of hydrogen-bond donors (Lipinski definition) is 1. The summed E-state index contributed by atoms with van der Waals surface area (Å²) in [6.45, 7) is 7.97. The van der Waals surface area contributed by atoms with Crippen LogP contribution >= 0.6 is 0 Å². The van der Waals surface area contributed by atoms with E-state index in [1.165, 1.54) is 0 Å². The number of nitrogens with two attached hydrogens (primary N) is 1. The zero-order valence-electron chi connectivity index (χ0n) is 11.5. The van der Waals surface area contributed by atoms with Crippen molar-refractivity contribution in [2.24, 2.45) is 0 Å². The topological polar surface area (TPSA) is 66.6 Å². The molecule has 0 aliphatic carbocycles. The van der Waals surface area contributed by atoms with Crippen LogP contribution in [-0.2, 0) is 9.31 Å². The van der Waals surface area contributed by atoms with Crippen LogP contribution in [0.3, 0.4) is 0 Å². The van der Waals surface area contributed by atoms with Crippen molar-refractivity contribution in [2.45, 2.75) is 38.9 Å². The van der Waals surface area contributed by atoms with E-state index in [1.54, 1.807) is 19.4 Å². The SMILES string of the molecule is COc1cnc(B2OC(C)(C)C(C)(C)O2)c(N)c1. The van der Waals surface area contributed by atoms with Crippen LogP contribution in [0.4, 0.5) is 5.69 Å². The quantitative estimate of drug-likeness (QED) is 0.792. The van der Waals surface area contributed by atoms with Crippen LogP contribution in [0.15, 0.2) is 12.3 Å². The van der Waals surface area contributed by atoms with Gasteiger partial charge in [-0.05, 0) is 27.7 Å².